The summed E-state index contributed by atoms with van der Waals surface area (Å²) in [6.45, 7) is 7.00. The smallest absolute Gasteiger partial charge is 0.336 e. The number of benzene rings is 1. The molecule has 0 saturated carbocycles. The number of unbranched alkanes of at least 4 members (excludes halogenated alkanes) is 1. The molecule has 0 atom stereocenters. The number of hydrogen-bond donors (Lipinski definition) is 2. The second-order valence-corrected chi connectivity index (χ2v) is 7.10. The van der Waals surface area contributed by atoms with E-state index in [0.29, 0.717) is 18.7 Å². The molecule has 3 aromatic rings. The number of nitrogens with zero attached hydrogens (tertiary/aromatic N) is 2. The summed E-state index contributed by atoms with van der Waals surface area (Å²) in [4.78, 5) is 41.0. The number of nitrogens with one attached hydrogen (secondary N) is 1. The summed E-state index contributed by atoms with van der Waals surface area (Å²) < 4.78 is 6.71. The lowest BCUT2D eigenvalue weighted by atomic mass is 10.1. The van der Waals surface area contributed by atoms with Gasteiger partial charge in [0.2, 0.25) is 0 Å². The van der Waals surface area contributed by atoms with Crippen molar-refractivity contribution in [2.75, 3.05) is 17.2 Å². The topological polar surface area (TPSA) is 114 Å². The van der Waals surface area contributed by atoms with Gasteiger partial charge in [-0.05, 0) is 37.5 Å². The second-order valence-electron chi connectivity index (χ2n) is 7.10. The molecule has 0 radical (unpaired) electrons. The Morgan fingerprint density at radius 3 is 2.62 bits per heavy atom. The molecule has 154 valence electrons. The largest absolute Gasteiger partial charge is 0.423 e. The minimum atomic E-state index is -0.537. The lowest BCUT2D eigenvalue weighted by molar-refractivity contribution is 0.558. The van der Waals surface area contributed by atoms with E-state index in [-0.39, 0.29) is 18.1 Å². The first-order valence-corrected chi connectivity index (χ1v) is 9.76. The van der Waals surface area contributed by atoms with Gasteiger partial charge in [0.25, 0.3) is 5.56 Å². The molecule has 0 fully saturated rings. The van der Waals surface area contributed by atoms with Crippen LogP contribution >= 0.6 is 0 Å². The highest BCUT2D eigenvalue weighted by Crippen LogP contribution is 2.23. The summed E-state index contributed by atoms with van der Waals surface area (Å²) in [6, 6.07) is 7.07. The second kappa shape index (κ2) is 8.38. The Balaban J connectivity index is 2.10. The highest BCUT2D eigenvalue weighted by Gasteiger charge is 2.19. The lowest BCUT2D eigenvalue weighted by Crippen LogP contribution is -2.38. The van der Waals surface area contributed by atoms with Crippen LogP contribution in [-0.2, 0) is 13.1 Å². The zero-order valence-corrected chi connectivity index (χ0v) is 16.9. The molecule has 3 rings (SSSR count). The molecule has 1 aromatic carbocycles. The maximum Gasteiger partial charge on any atom is 0.336 e. The molecule has 8 nitrogen and oxygen atoms in total. The van der Waals surface area contributed by atoms with Gasteiger partial charge < -0.3 is 15.1 Å². The molecule has 3 N–H and O–H groups in total. The number of aromatic nitrogens is 2. The fraction of sp³-hybridized carbons (Fsp3) is 0.381. The molecule has 0 unspecified atom stereocenters. The van der Waals surface area contributed by atoms with Crippen LogP contribution < -0.4 is 27.5 Å². The molecule has 0 saturated heterocycles. The Morgan fingerprint density at radius 1 is 1.17 bits per heavy atom. The zero-order valence-electron chi connectivity index (χ0n) is 16.9. The third-order valence-corrected chi connectivity index (χ3v) is 4.99. The van der Waals surface area contributed by atoms with Crippen LogP contribution in [0, 0.1) is 6.92 Å². The van der Waals surface area contributed by atoms with Crippen LogP contribution in [0.3, 0.4) is 0 Å². The van der Waals surface area contributed by atoms with E-state index in [1.807, 2.05) is 39.0 Å². The van der Waals surface area contributed by atoms with E-state index in [1.54, 1.807) is 4.90 Å². The first-order valence-electron chi connectivity index (χ1n) is 9.76. The van der Waals surface area contributed by atoms with Crippen LogP contribution in [0.5, 0.6) is 0 Å². The third kappa shape index (κ3) is 4.11. The van der Waals surface area contributed by atoms with Crippen LogP contribution in [-0.4, -0.2) is 16.1 Å². The highest BCUT2D eigenvalue weighted by molar-refractivity contribution is 5.81. The summed E-state index contributed by atoms with van der Waals surface area (Å²) in [6.07, 6.45) is 1.66. The molecule has 0 aliphatic heterocycles. The average molecular weight is 398 g/mol. The number of aromatic amines is 1. The third-order valence-electron chi connectivity index (χ3n) is 4.99. The van der Waals surface area contributed by atoms with Gasteiger partial charge in [-0.15, -0.1) is 0 Å². The van der Waals surface area contributed by atoms with Gasteiger partial charge in [0, 0.05) is 31.1 Å². The van der Waals surface area contributed by atoms with Crippen molar-refractivity contribution in [1.82, 2.24) is 9.55 Å². The van der Waals surface area contributed by atoms with Crippen molar-refractivity contribution in [3.8, 4) is 0 Å². The van der Waals surface area contributed by atoms with Crippen LogP contribution in [0.15, 0.2) is 43.1 Å². The molecule has 0 amide bonds. The van der Waals surface area contributed by atoms with Gasteiger partial charge in [-0.3, -0.25) is 14.3 Å². The van der Waals surface area contributed by atoms with Gasteiger partial charge in [0.05, 0.1) is 0 Å². The van der Waals surface area contributed by atoms with Gasteiger partial charge in [0.1, 0.15) is 17.1 Å². The summed E-state index contributed by atoms with van der Waals surface area (Å²) in [7, 11) is 0. The van der Waals surface area contributed by atoms with E-state index in [9.17, 15) is 14.4 Å². The van der Waals surface area contributed by atoms with Crippen molar-refractivity contribution in [3.05, 3.63) is 66.7 Å². The molecule has 2 aromatic heterocycles. The summed E-state index contributed by atoms with van der Waals surface area (Å²) in [5.74, 6) is 0.136. The van der Waals surface area contributed by atoms with Gasteiger partial charge in [0.15, 0.2) is 0 Å². The summed E-state index contributed by atoms with van der Waals surface area (Å²) in [5, 5.41) is 0.794. The van der Waals surface area contributed by atoms with Crippen LogP contribution in [0.1, 0.15) is 37.8 Å². The van der Waals surface area contributed by atoms with E-state index in [2.05, 4.69) is 4.98 Å². The molecule has 0 spiro atoms. The highest BCUT2D eigenvalue weighted by atomic mass is 16.4. The number of rotatable bonds is 7. The lowest BCUT2D eigenvalue weighted by Gasteiger charge is -2.25. The molecular formula is C21H26N4O4. The SMILES string of the molecule is CCCCn1c(N)c(N(CC)Cc2cc(=O)oc3cc(C)ccc23)c(=O)[nH]c1=O. The number of anilines is 2. The summed E-state index contributed by atoms with van der Waals surface area (Å²) >= 11 is 0. The van der Waals surface area contributed by atoms with Crippen molar-refractivity contribution >= 4 is 22.5 Å². The number of fused-ring (bicyclic) bond motifs is 1. The minimum Gasteiger partial charge on any atom is -0.423 e. The number of H-pyrrole nitrogens is 1. The normalized spacial score (nSPS) is 11.1. The Labute approximate surface area is 167 Å². The predicted octanol–water partition coefficient (Wildman–Crippen LogP) is 2.36. The van der Waals surface area contributed by atoms with E-state index < -0.39 is 16.9 Å². The number of nitrogen functional groups attached to an aromatic ring is 1. The monoisotopic (exact) mass is 398 g/mol. The van der Waals surface area contributed by atoms with Gasteiger partial charge >= 0.3 is 11.3 Å². The Bertz CT molecular complexity index is 1210. The van der Waals surface area contributed by atoms with E-state index in [4.69, 9.17) is 10.2 Å². The first kappa shape index (κ1) is 20.4. The Hall–Kier alpha value is -3.29. The predicted molar refractivity (Wildman–Crippen MR) is 115 cm³/mol. The molecule has 2 heterocycles. The van der Waals surface area contributed by atoms with Crippen molar-refractivity contribution in [3.63, 3.8) is 0 Å². The number of hydrogen-bond acceptors (Lipinski definition) is 6. The van der Waals surface area contributed by atoms with Gasteiger partial charge in [-0.25, -0.2) is 9.59 Å². The fourth-order valence-corrected chi connectivity index (χ4v) is 3.44. The average Bonchev–Trinajstić information content (AvgIpc) is 2.66. The van der Waals surface area contributed by atoms with Gasteiger partial charge in [-0.1, -0.05) is 25.5 Å². The minimum absolute atomic E-state index is 0.136. The maximum absolute atomic E-state index is 12.6. The van der Waals surface area contributed by atoms with Crippen molar-refractivity contribution < 1.29 is 4.42 Å². The fourth-order valence-electron chi connectivity index (χ4n) is 3.44. The van der Waals surface area contributed by atoms with E-state index in [1.165, 1.54) is 10.6 Å². The Morgan fingerprint density at radius 2 is 1.93 bits per heavy atom. The molecular weight excluding hydrogens is 372 g/mol. The molecule has 0 bridgehead atoms. The molecule has 0 aliphatic rings. The van der Waals surface area contributed by atoms with Crippen LogP contribution in [0.4, 0.5) is 11.5 Å². The zero-order chi connectivity index (χ0) is 21.1. The maximum atomic E-state index is 12.6. The van der Waals surface area contributed by atoms with E-state index >= 15 is 0 Å². The number of aryl methyl sites for hydroxylation is 1. The van der Waals surface area contributed by atoms with Crippen LogP contribution in [0.25, 0.3) is 11.0 Å². The van der Waals surface area contributed by atoms with E-state index in [0.717, 1.165) is 29.4 Å². The molecule has 29 heavy (non-hydrogen) atoms. The first-order chi connectivity index (χ1) is 13.8. The van der Waals surface area contributed by atoms with Crippen molar-refractivity contribution in [2.24, 2.45) is 0 Å². The number of nitrogens with two attached hydrogens (primary N) is 1. The standard InChI is InChI=1S/C21H26N4O4/c1-4-6-9-25-19(22)18(20(27)23-21(25)28)24(5-2)12-14-11-17(26)29-16-10-13(3)7-8-15(14)16/h7-8,10-11H,4-6,9,12,22H2,1-3H3,(H,23,27,28). The van der Waals surface area contributed by atoms with Gasteiger partial charge in [-0.2, -0.15) is 0 Å². The molecule has 0 aliphatic carbocycles. The van der Waals surface area contributed by atoms with Crippen molar-refractivity contribution in [2.45, 2.75) is 46.7 Å². The Kier molecular flexibility index (Phi) is 5.91. The quantitative estimate of drug-likeness (QED) is 0.591. The van der Waals surface area contributed by atoms with Crippen molar-refractivity contribution in [1.29, 1.82) is 0 Å². The summed E-state index contributed by atoms with van der Waals surface area (Å²) in [5.41, 5.74) is 7.17. The van der Waals surface area contributed by atoms with Crippen LogP contribution in [0.2, 0.25) is 0 Å². The molecule has 8 heteroatoms.